The van der Waals surface area contributed by atoms with Crippen LogP contribution in [0.1, 0.15) is 44.4 Å². The molecule has 1 amide bonds. The molecule has 4 heterocycles. The second-order valence-electron chi connectivity index (χ2n) is 11.9. The van der Waals surface area contributed by atoms with Crippen molar-refractivity contribution < 1.29 is 9.53 Å². The van der Waals surface area contributed by atoms with Crippen molar-refractivity contribution in [3.63, 3.8) is 0 Å². The fraction of sp³-hybridized carbons (Fsp3) is 0.344. The quantitative estimate of drug-likeness (QED) is 0.288. The third kappa shape index (κ3) is 5.83. The van der Waals surface area contributed by atoms with Gasteiger partial charge in [0.25, 0.3) is 0 Å². The van der Waals surface area contributed by atoms with Gasteiger partial charge in [-0.3, -0.25) is 0 Å². The molecule has 3 aromatic heterocycles. The maximum absolute atomic E-state index is 12.6. The second-order valence-corrected chi connectivity index (χ2v) is 11.9. The molecule has 42 heavy (non-hydrogen) atoms. The maximum atomic E-state index is 12.6. The fourth-order valence-electron chi connectivity index (χ4n) is 5.45. The highest BCUT2D eigenvalue weighted by Gasteiger charge is 2.30. The Morgan fingerprint density at radius 2 is 1.88 bits per heavy atom. The zero-order valence-corrected chi connectivity index (χ0v) is 24.7. The average molecular weight is 565 g/mol. The molecular weight excluding hydrogens is 528 g/mol. The van der Waals surface area contributed by atoms with Gasteiger partial charge in [-0.15, -0.1) is 0 Å². The molecule has 0 spiro atoms. The summed E-state index contributed by atoms with van der Waals surface area (Å²) in [5, 5.41) is 8.65. The topological polar surface area (TPSA) is 101 Å². The van der Waals surface area contributed by atoms with Crippen molar-refractivity contribution in [2.45, 2.75) is 52.7 Å². The lowest BCUT2D eigenvalue weighted by Crippen LogP contribution is -2.54. The summed E-state index contributed by atoms with van der Waals surface area (Å²) in [5.74, 6) is 0.756. The van der Waals surface area contributed by atoms with Crippen LogP contribution in [-0.4, -0.2) is 66.8 Å². The normalized spacial score (nSPS) is 15.8. The summed E-state index contributed by atoms with van der Waals surface area (Å²) in [6.45, 7) is 11.9. The predicted molar refractivity (Wildman–Crippen MR) is 164 cm³/mol. The number of carbonyl (C=O) groups is 1. The van der Waals surface area contributed by atoms with Crippen LogP contribution in [0, 0.1) is 6.92 Å². The summed E-state index contributed by atoms with van der Waals surface area (Å²) < 4.78 is 7.36. The molecule has 1 atom stereocenters. The summed E-state index contributed by atoms with van der Waals surface area (Å²) in [7, 11) is 0. The highest BCUT2D eigenvalue weighted by atomic mass is 16.6. The van der Waals surface area contributed by atoms with Gasteiger partial charge in [-0.1, -0.05) is 6.07 Å². The van der Waals surface area contributed by atoms with Crippen molar-refractivity contribution in [1.29, 1.82) is 0 Å². The third-order valence-electron chi connectivity index (χ3n) is 7.57. The van der Waals surface area contributed by atoms with Crippen LogP contribution in [0.3, 0.4) is 0 Å². The first-order valence-corrected chi connectivity index (χ1v) is 14.3. The molecule has 0 bridgehead atoms. The van der Waals surface area contributed by atoms with Crippen LogP contribution < -0.4 is 10.2 Å². The highest BCUT2D eigenvalue weighted by Crippen LogP contribution is 2.30. The number of aryl methyl sites for hydroxylation is 1. The molecule has 6 rings (SSSR count). The van der Waals surface area contributed by atoms with E-state index in [-0.39, 0.29) is 12.1 Å². The van der Waals surface area contributed by atoms with Crippen molar-refractivity contribution >= 4 is 39.8 Å². The number of hydrogen-bond acceptors (Lipinski definition) is 8. The Bertz CT molecular complexity index is 1760. The van der Waals surface area contributed by atoms with Crippen molar-refractivity contribution in [2.24, 2.45) is 0 Å². The summed E-state index contributed by atoms with van der Waals surface area (Å²) >= 11 is 0. The van der Waals surface area contributed by atoms with Crippen LogP contribution in [0.2, 0.25) is 0 Å². The Balaban J connectivity index is 1.19. The second kappa shape index (κ2) is 10.9. The molecule has 0 saturated carbocycles. The lowest BCUT2D eigenvalue weighted by Gasteiger charge is -2.41. The SMILES string of the molecule is Cc1cc(Nc2ncnc3ccc(N4CCN(C(=O)OC(C)(C)C)C[C@H]4C)cc23)ccc1Cc1ccn2ncnc2c1. The molecule has 10 nitrogen and oxygen atoms in total. The zero-order chi connectivity index (χ0) is 29.4. The number of anilines is 3. The van der Waals surface area contributed by atoms with E-state index < -0.39 is 5.60 Å². The standard InChI is InChI=1S/C32H36N8O2/c1-21-14-25(7-6-24(21)15-23-10-11-40-29(16-23)34-20-36-40)37-30-27-17-26(8-9-28(27)33-19-35-30)39-13-12-38(18-22(39)2)31(41)42-32(3,4)5/h6-11,14,16-17,19-20,22H,12-13,15,18H2,1-5H3,(H,33,35,37)/t22-/m1/s1. The number of hydrogen-bond donors (Lipinski definition) is 1. The minimum absolute atomic E-state index is 0.130. The molecule has 1 saturated heterocycles. The van der Waals surface area contributed by atoms with Gasteiger partial charge in [-0.25, -0.2) is 24.3 Å². The average Bonchev–Trinajstić information content (AvgIpc) is 3.42. The number of carbonyl (C=O) groups excluding carboxylic acids is 1. The monoisotopic (exact) mass is 564 g/mol. The minimum Gasteiger partial charge on any atom is -0.444 e. The number of piperazine rings is 1. The molecule has 0 radical (unpaired) electrons. The molecule has 1 aliphatic rings. The predicted octanol–water partition coefficient (Wildman–Crippen LogP) is 5.76. The van der Waals surface area contributed by atoms with Gasteiger partial charge >= 0.3 is 6.09 Å². The number of aromatic nitrogens is 5. The van der Waals surface area contributed by atoms with E-state index >= 15 is 0 Å². The number of pyridine rings is 1. The lowest BCUT2D eigenvalue weighted by molar-refractivity contribution is 0.0219. The van der Waals surface area contributed by atoms with Crippen LogP contribution >= 0.6 is 0 Å². The van der Waals surface area contributed by atoms with E-state index in [9.17, 15) is 4.79 Å². The van der Waals surface area contributed by atoms with Crippen LogP contribution in [-0.2, 0) is 11.2 Å². The first-order chi connectivity index (χ1) is 20.1. The fourth-order valence-corrected chi connectivity index (χ4v) is 5.45. The van der Waals surface area contributed by atoms with Crippen LogP contribution in [0.5, 0.6) is 0 Å². The number of amides is 1. The Hall–Kier alpha value is -4.73. The number of ether oxygens (including phenoxy) is 1. The molecule has 0 aliphatic carbocycles. The first kappa shape index (κ1) is 27.4. The van der Waals surface area contributed by atoms with Gasteiger partial charge in [0.1, 0.15) is 24.1 Å². The molecule has 1 N–H and O–H groups in total. The van der Waals surface area contributed by atoms with E-state index in [0.29, 0.717) is 19.6 Å². The number of nitrogens with zero attached hydrogens (tertiary/aromatic N) is 7. The number of benzene rings is 2. The van der Waals surface area contributed by atoms with E-state index in [4.69, 9.17) is 4.74 Å². The Morgan fingerprint density at radius 1 is 1.02 bits per heavy atom. The van der Waals surface area contributed by atoms with Gasteiger partial charge in [0.2, 0.25) is 0 Å². The minimum atomic E-state index is -0.508. The van der Waals surface area contributed by atoms with E-state index in [1.165, 1.54) is 16.7 Å². The third-order valence-corrected chi connectivity index (χ3v) is 7.57. The highest BCUT2D eigenvalue weighted by molar-refractivity contribution is 5.93. The van der Waals surface area contributed by atoms with Crippen molar-refractivity contribution in [2.75, 3.05) is 29.9 Å². The largest absolute Gasteiger partial charge is 0.444 e. The number of fused-ring (bicyclic) bond motifs is 2. The summed E-state index contributed by atoms with van der Waals surface area (Å²) in [6.07, 6.45) is 5.66. The van der Waals surface area contributed by atoms with E-state index in [0.717, 1.165) is 40.2 Å². The van der Waals surface area contributed by atoms with Gasteiger partial charge in [0.15, 0.2) is 5.65 Å². The molecule has 1 aliphatic heterocycles. The smallest absolute Gasteiger partial charge is 0.410 e. The van der Waals surface area contributed by atoms with Crippen molar-refractivity contribution in [1.82, 2.24) is 29.5 Å². The van der Waals surface area contributed by atoms with Crippen LogP contribution in [0.15, 0.2) is 67.4 Å². The van der Waals surface area contributed by atoms with E-state index in [2.05, 4.69) is 86.6 Å². The Kier molecular flexibility index (Phi) is 7.14. The molecule has 216 valence electrons. The van der Waals surface area contributed by atoms with Crippen molar-refractivity contribution in [3.05, 3.63) is 84.1 Å². The van der Waals surface area contributed by atoms with Crippen molar-refractivity contribution in [3.8, 4) is 0 Å². The zero-order valence-electron chi connectivity index (χ0n) is 24.7. The van der Waals surface area contributed by atoms with E-state index in [1.807, 2.05) is 33.0 Å². The Morgan fingerprint density at radius 3 is 2.67 bits per heavy atom. The van der Waals surface area contributed by atoms with Gasteiger partial charge < -0.3 is 19.9 Å². The number of rotatable bonds is 5. The van der Waals surface area contributed by atoms with Gasteiger partial charge in [-0.05, 0) is 100 Å². The Labute approximate surface area is 245 Å². The molecule has 1 fully saturated rings. The molecule has 10 heteroatoms. The summed E-state index contributed by atoms with van der Waals surface area (Å²) in [4.78, 5) is 30.1. The molecule has 2 aromatic carbocycles. The molecular formula is C32H36N8O2. The van der Waals surface area contributed by atoms with Crippen LogP contribution in [0.4, 0.5) is 22.0 Å². The van der Waals surface area contributed by atoms with Gasteiger partial charge in [0, 0.05) is 48.6 Å². The lowest BCUT2D eigenvalue weighted by atomic mass is 10.0. The first-order valence-electron chi connectivity index (χ1n) is 14.3. The summed E-state index contributed by atoms with van der Waals surface area (Å²) in [6, 6.07) is 16.9. The number of nitrogens with one attached hydrogen (secondary N) is 1. The van der Waals surface area contributed by atoms with Crippen LogP contribution in [0.25, 0.3) is 16.6 Å². The maximum Gasteiger partial charge on any atom is 0.410 e. The van der Waals surface area contributed by atoms with Gasteiger partial charge in [0.05, 0.1) is 5.52 Å². The molecule has 5 aromatic rings. The van der Waals surface area contributed by atoms with Gasteiger partial charge in [-0.2, -0.15) is 5.10 Å². The molecule has 0 unspecified atom stereocenters. The summed E-state index contributed by atoms with van der Waals surface area (Å²) in [5.41, 5.74) is 6.88. The van der Waals surface area contributed by atoms with E-state index in [1.54, 1.807) is 22.1 Å².